The van der Waals surface area contributed by atoms with Gasteiger partial charge >= 0.3 is 6.03 Å². The van der Waals surface area contributed by atoms with Crippen LogP contribution >= 0.6 is 11.3 Å². The molecule has 1 fully saturated rings. The lowest BCUT2D eigenvalue weighted by Gasteiger charge is -2.18. The molecule has 0 aliphatic heterocycles. The molecule has 3 aromatic heterocycles. The van der Waals surface area contributed by atoms with Crippen molar-refractivity contribution < 1.29 is 4.79 Å². The summed E-state index contributed by atoms with van der Waals surface area (Å²) in [6.45, 7) is 1.90. The molecule has 8 heteroatoms. The number of urea groups is 1. The number of hydrogen-bond acceptors (Lipinski definition) is 5. The average Bonchev–Trinajstić information content (AvgIpc) is 3.11. The van der Waals surface area contributed by atoms with Crippen molar-refractivity contribution in [2.45, 2.75) is 31.8 Å². The van der Waals surface area contributed by atoms with Gasteiger partial charge in [-0.3, -0.25) is 4.40 Å². The highest BCUT2D eigenvalue weighted by Gasteiger charge is 2.35. The van der Waals surface area contributed by atoms with Crippen LogP contribution in [0.2, 0.25) is 0 Å². The zero-order chi connectivity index (χ0) is 16.5. The van der Waals surface area contributed by atoms with E-state index in [2.05, 4.69) is 25.8 Å². The van der Waals surface area contributed by atoms with E-state index in [1.54, 1.807) is 17.5 Å². The van der Waals surface area contributed by atoms with E-state index in [9.17, 15) is 4.79 Å². The summed E-state index contributed by atoms with van der Waals surface area (Å²) in [6.07, 6.45) is 5.94. The predicted molar refractivity (Wildman–Crippen MR) is 90.6 cm³/mol. The Morgan fingerprint density at radius 3 is 2.96 bits per heavy atom. The van der Waals surface area contributed by atoms with Gasteiger partial charge < -0.3 is 10.6 Å². The van der Waals surface area contributed by atoms with Gasteiger partial charge in [-0.2, -0.15) is 0 Å². The minimum absolute atomic E-state index is 0.00709. The first-order valence-electron chi connectivity index (χ1n) is 7.98. The molecule has 1 aliphatic rings. The molecule has 2 atom stereocenters. The number of carbonyl (C=O) groups is 1. The van der Waals surface area contributed by atoms with Gasteiger partial charge in [0, 0.05) is 17.8 Å². The summed E-state index contributed by atoms with van der Waals surface area (Å²) in [5, 5.41) is 17.2. The van der Waals surface area contributed by atoms with E-state index in [1.807, 2.05) is 41.1 Å². The zero-order valence-corrected chi connectivity index (χ0v) is 14.0. The van der Waals surface area contributed by atoms with Crippen molar-refractivity contribution in [2.75, 3.05) is 0 Å². The number of aromatic nitrogens is 4. The second kappa shape index (κ2) is 6.20. The van der Waals surface area contributed by atoms with Crippen LogP contribution in [-0.4, -0.2) is 25.6 Å². The fourth-order valence-electron chi connectivity index (χ4n) is 2.80. The van der Waals surface area contributed by atoms with Crippen LogP contribution < -0.4 is 10.6 Å². The van der Waals surface area contributed by atoms with Crippen LogP contribution in [0.1, 0.15) is 42.7 Å². The molecular weight excluding hydrogens is 324 g/mol. The highest BCUT2D eigenvalue weighted by Crippen LogP contribution is 2.41. The first-order valence-corrected chi connectivity index (χ1v) is 8.86. The van der Waals surface area contributed by atoms with Crippen LogP contribution in [0.15, 0.2) is 36.0 Å². The van der Waals surface area contributed by atoms with E-state index < -0.39 is 0 Å². The molecule has 4 rings (SSSR count). The van der Waals surface area contributed by atoms with E-state index >= 15 is 0 Å². The first kappa shape index (κ1) is 15.1. The van der Waals surface area contributed by atoms with Crippen molar-refractivity contribution >= 4 is 23.0 Å². The number of rotatable bonds is 5. The number of carbonyl (C=O) groups excluding carboxylic acids is 1. The molecule has 24 heavy (non-hydrogen) atoms. The topological polar surface area (TPSA) is 84.2 Å². The highest BCUT2D eigenvalue weighted by atomic mass is 32.1. The molecule has 3 heterocycles. The van der Waals surface area contributed by atoms with Crippen molar-refractivity contribution in [1.29, 1.82) is 0 Å². The Kier molecular flexibility index (Phi) is 3.89. The monoisotopic (exact) mass is 342 g/mol. The highest BCUT2D eigenvalue weighted by molar-refractivity contribution is 7.09. The standard InChI is InChI=1S/C16H18N6OS/c1-10(14-21-20-12-4-2-3-8-22(12)14)18-16(23)19-13(11-5-6-11)15-17-7-9-24-15/h2-4,7-11,13H,5-6H2,1H3,(H2,18,19,23)/t10-,13+/m0/s1. The predicted octanol–water partition coefficient (Wildman–Crippen LogP) is 2.70. The first-order chi connectivity index (χ1) is 11.7. The van der Waals surface area contributed by atoms with E-state index in [0.29, 0.717) is 11.7 Å². The maximum Gasteiger partial charge on any atom is 0.315 e. The number of amides is 2. The lowest BCUT2D eigenvalue weighted by Crippen LogP contribution is -2.40. The van der Waals surface area contributed by atoms with Crippen molar-refractivity contribution in [1.82, 2.24) is 30.2 Å². The average molecular weight is 342 g/mol. The summed E-state index contributed by atoms with van der Waals surface area (Å²) in [5.74, 6) is 1.20. The molecule has 0 aromatic carbocycles. The summed E-state index contributed by atoms with van der Waals surface area (Å²) in [4.78, 5) is 16.8. The van der Waals surface area contributed by atoms with Gasteiger partial charge in [0.05, 0.1) is 12.1 Å². The molecule has 1 aliphatic carbocycles. The Bertz CT molecular complexity index is 841. The summed E-state index contributed by atoms with van der Waals surface area (Å²) >= 11 is 1.58. The molecule has 0 spiro atoms. The number of nitrogens with one attached hydrogen (secondary N) is 2. The molecule has 0 radical (unpaired) electrons. The van der Waals surface area contributed by atoms with Crippen molar-refractivity contribution in [3.63, 3.8) is 0 Å². The Balaban J connectivity index is 1.45. The van der Waals surface area contributed by atoms with Gasteiger partial charge in [-0.15, -0.1) is 21.5 Å². The van der Waals surface area contributed by atoms with Crippen LogP contribution in [-0.2, 0) is 0 Å². The van der Waals surface area contributed by atoms with Crippen molar-refractivity contribution in [2.24, 2.45) is 5.92 Å². The summed E-state index contributed by atoms with van der Waals surface area (Å²) in [5.41, 5.74) is 0.764. The number of fused-ring (bicyclic) bond motifs is 1. The second-order valence-corrected chi connectivity index (χ2v) is 6.94. The smallest absolute Gasteiger partial charge is 0.315 e. The normalized spacial score (nSPS) is 16.7. The van der Waals surface area contributed by atoms with Crippen molar-refractivity contribution in [3.05, 3.63) is 46.8 Å². The van der Waals surface area contributed by atoms with E-state index in [-0.39, 0.29) is 18.1 Å². The van der Waals surface area contributed by atoms with Gasteiger partial charge in [0.25, 0.3) is 0 Å². The Hall–Kier alpha value is -2.48. The van der Waals surface area contributed by atoms with Gasteiger partial charge in [0.15, 0.2) is 11.5 Å². The van der Waals surface area contributed by atoms with Gasteiger partial charge in [0.2, 0.25) is 0 Å². The number of nitrogens with zero attached hydrogens (tertiary/aromatic N) is 4. The summed E-state index contributed by atoms with van der Waals surface area (Å²) < 4.78 is 1.88. The Labute approximate surface area is 143 Å². The molecule has 2 amide bonds. The van der Waals surface area contributed by atoms with Crippen LogP contribution in [0.3, 0.4) is 0 Å². The number of hydrogen-bond donors (Lipinski definition) is 2. The minimum atomic E-state index is -0.251. The van der Waals surface area contributed by atoms with Crippen LogP contribution in [0, 0.1) is 5.92 Å². The third-order valence-corrected chi connectivity index (χ3v) is 5.03. The van der Waals surface area contributed by atoms with Gasteiger partial charge in [0.1, 0.15) is 5.01 Å². The molecule has 0 unspecified atom stereocenters. The van der Waals surface area contributed by atoms with Crippen LogP contribution in [0.5, 0.6) is 0 Å². The minimum Gasteiger partial charge on any atom is -0.329 e. The van der Waals surface area contributed by atoms with Crippen LogP contribution in [0.25, 0.3) is 5.65 Å². The third kappa shape index (κ3) is 2.96. The fourth-order valence-corrected chi connectivity index (χ4v) is 3.58. The number of thiazole rings is 1. The number of pyridine rings is 1. The molecule has 7 nitrogen and oxygen atoms in total. The zero-order valence-electron chi connectivity index (χ0n) is 13.2. The van der Waals surface area contributed by atoms with E-state index in [1.165, 1.54) is 0 Å². The Morgan fingerprint density at radius 1 is 1.33 bits per heavy atom. The van der Waals surface area contributed by atoms with Crippen molar-refractivity contribution in [3.8, 4) is 0 Å². The molecule has 0 bridgehead atoms. The molecule has 1 saturated carbocycles. The quantitative estimate of drug-likeness (QED) is 0.747. The largest absolute Gasteiger partial charge is 0.329 e. The van der Waals surface area contributed by atoms with Gasteiger partial charge in [-0.25, -0.2) is 9.78 Å². The molecule has 0 saturated heterocycles. The lowest BCUT2D eigenvalue weighted by atomic mass is 10.2. The van der Waals surface area contributed by atoms with Crippen LogP contribution in [0.4, 0.5) is 4.79 Å². The molecular formula is C16H18N6OS. The fraction of sp³-hybridized carbons (Fsp3) is 0.375. The lowest BCUT2D eigenvalue weighted by molar-refractivity contribution is 0.232. The van der Waals surface area contributed by atoms with Gasteiger partial charge in [-0.1, -0.05) is 6.07 Å². The maximum atomic E-state index is 12.4. The maximum absolute atomic E-state index is 12.4. The summed E-state index contributed by atoms with van der Waals surface area (Å²) in [7, 11) is 0. The van der Waals surface area contributed by atoms with E-state index in [0.717, 1.165) is 23.5 Å². The molecule has 2 N–H and O–H groups in total. The SMILES string of the molecule is C[C@H](NC(=O)N[C@@H](c1nccs1)C1CC1)c1nnc2ccccn12. The summed E-state index contributed by atoms with van der Waals surface area (Å²) in [6, 6.07) is 5.24. The Morgan fingerprint density at radius 2 is 2.21 bits per heavy atom. The second-order valence-electron chi connectivity index (χ2n) is 6.01. The van der Waals surface area contributed by atoms with Gasteiger partial charge in [-0.05, 0) is 37.8 Å². The van der Waals surface area contributed by atoms with E-state index in [4.69, 9.17) is 0 Å². The molecule has 3 aromatic rings. The molecule has 124 valence electrons. The third-order valence-electron chi connectivity index (χ3n) is 4.17.